The minimum Gasteiger partial charge on any atom is -0.457 e. The summed E-state index contributed by atoms with van der Waals surface area (Å²) in [6, 6.07) is 7.73. The molecule has 4 rings (SSSR count). The first-order valence-corrected chi connectivity index (χ1v) is 9.00. The molecular formula is C19H19N3O2S. The number of hydrogen-bond donors (Lipinski definition) is 1. The minimum absolute atomic E-state index is 0.0590. The molecule has 5 nitrogen and oxygen atoms in total. The Hall–Kier alpha value is -2.47. The van der Waals surface area contributed by atoms with Crippen LogP contribution in [-0.2, 0) is 4.79 Å². The zero-order chi connectivity index (χ0) is 17.2. The highest BCUT2D eigenvalue weighted by molar-refractivity contribution is 7.80. The second-order valence-electron chi connectivity index (χ2n) is 6.40. The Morgan fingerprint density at radius 2 is 2.08 bits per heavy atom. The van der Waals surface area contributed by atoms with E-state index in [1.165, 1.54) is 6.42 Å². The number of amides is 1. The molecule has 128 valence electrons. The van der Waals surface area contributed by atoms with Crippen LogP contribution >= 0.6 is 12.2 Å². The molecule has 1 amide bonds. The molecule has 0 radical (unpaired) electrons. The molecule has 3 heterocycles. The summed E-state index contributed by atoms with van der Waals surface area (Å²) in [7, 11) is 0. The molecule has 25 heavy (non-hydrogen) atoms. The fraction of sp³-hybridized carbons (Fsp3) is 0.316. The summed E-state index contributed by atoms with van der Waals surface area (Å²) in [5.41, 5.74) is 1.37. The van der Waals surface area contributed by atoms with Crippen LogP contribution in [0.15, 0.2) is 46.8 Å². The molecule has 0 atom stereocenters. The van der Waals surface area contributed by atoms with Crippen molar-refractivity contribution in [3.05, 3.63) is 48.1 Å². The van der Waals surface area contributed by atoms with Gasteiger partial charge in [0.1, 0.15) is 17.2 Å². The number of pyridine rings is 1. The number of nitrogens with one attached hydrogen (secondary N) is 1. The average molecular weight is 353 g/mol. The summed E-state index contributed by atoms with van der Waals surface area (Å²) in [5.74, 6) is 1.27. The Bertz CT molecular complexity index is 822. The van der Waals surface area contributed by atoms with Gasteiger partial charge < -0.3 is 9.73 Å². The van der Waals surface area contributed by atoms with Gasteiger partial charge in [-0.15, -0.1) is 0 Å². The largest absolute Gasteiger partial charge is 0.457 e. The highest BCUT2D eigenvalue weighted by atomic mass is 32.1. The van der Waals surface area contributed by atoms with Crippen LogP contribution in [0, 0.1) is 0 Å². The van der Waals surface area contributed by atoms with Gasteiger partial charge in [-0.3, -0.25) is 14.7 Å². The van der Waals surface area contributed by atoms with Crippen LogP contribution in [0.5, 0.6) is 0 Å². The number of carbonyl (C=O) groups excluding carboxylic acids is 1. The first kappa shape index (κ1) is 16.0. The van der Waals surface area contributed by atoms with Crippen molar-refractivity contribution in [2.45, 2.75) is 38.1 Å². The lowest BCUT2D eigenvalue weighted by atomic mass is 9.94. The predicted octanol–water partition coefficient (Wildman–Crippen LogP) is 3.73. The van der Waals surface area contributed by atoms with Crippen molar-refractivity contribution in [2.75, 3.05) is 0 Å². The van der Waals surface area contributed by atoms with Crippen molar-refractivity contribution in [1.82, 2.24) is 15.2 Å². The Balaban J connectivity index is 1.55. The summed E-state index contributed by atoms with van der Waals surface area (Å²) >= 11 is 5.39. The molecule has 0 aromatic carbocycles. The summed E-state index contributed by atoms with van der Waals surface area (Å²) in [4.78, 5) is 18.6. The monoisotopic (exact) mass is 353 g/mol. The number of nitrogens with zero attached hydrogens (tertiary/aromatic N) is 2. The van der Waals surface area contributed by atoms with E-state index in [0.29, 0.717) is 16.6 Å². The van der Waals surface area contributed by atoms with Gasteiger partial charge in [0.25, 0.3) is 5.91 Å². The maximum absolute atomic E-state index is 12.8. The second-order valence-corrected chi connectivity index (χ2v) is 6.79. The Morgan fingerprint density at radius 1 is 1.24 bits per heavy atom. The summed E-state index contributed by atoms with van der Waals surface area (Å²) in [5, 5.41) is 3.55. The van der Waals surface area contributed by atoms with Gasteiger partial charge in [0.15, 0.2) is 5.11 Å². The maximum atomic E-state index is 12.8. The van der Waals surface area contributed by atoms with Gasteiger partial charge in [-0.2, -0.15) is 0 Å². The normalized spacial score (nSPS) is 20.3. The average Bonchev–Trinajstić information content (AvgIpc) is 3.22. The highest BCUT2D eigenvalue weighted by Crippen LogP contribution is 2.28. The zero-order valence-corrected chi connectivity index (χ0v) is 14.6. The summed E-state index contributed by atoms with van der Waals surface area (Å²) in [6.45, 7) is 0. The van der Waals surface area contributed by atoms with E-state index in [0.717, 1.165) is 37.0 Å². The second kappa shape index (κ2) is 6.80. The van der Waals surface area contributed by atoms with Crippen LogP contribution in [0.2, 0.25) is 0 Å². The van der Waals surface area contributed by atoms with Crippen molar-refractivity contribution < 1.29 is 9.21 Å². The molecule has 1 saturated heterocycles. The van der Waals surface area contributed by atoms with Crippen LogP contribution in [0.1, 0.15) is 37.9 Å². The number of carbonyl (C=O) groups is 1. The lowest BCUT2D eigenvalue weighted by Crippen LogP contribution is -2.41. The molecule has 0 unspecified atom stereocenters. The predicted molar refractivity (Wildman–Crippen MR) is 99.4 cm³/mol. The van der Waals surface area contributed by atoms with Gasteiger partial charge in [-0.05, 0) is 49.3 Å². The third-order valence-electron chi connectivity index (χ3n) is 4.71. The van der Waals surface area contributed by atoms with Gasteiger partial charge >= 0.3 is 0 Å². The molecule has 1 aliphatic carbocycles. The van der Waals surface area contributed by atoms with Gasteiger partial charge in [-0.25, -0.2) is 0 Å². The number of thiocarbonyl (C=S) groups is 1. The van der Waals surface area contributed by atoms with E-state index in [-0.39, 0.29) is 11.9 Å². The fourth-order valence-electron chi connectivity index (χ4n) is 3.46. The molecule has 6 heteroatoms. The summed E-state index contributed by atoms with van der Waals surface area (Å²) in [6.07, 6.45) is 10.8. The van der Waals surface area contributed by atoms with E-state index in [1.54, 1.807) is 23.4 Å². The van der Waals surface area contributed by atoms with E-state index >= 15 is 0 Å². The Labute approximate surface area is 151 Å². The third kappa shape index (κ3) is 3.22. The standard InChI is InChI=1S/C19H19N3O2S/c23-18-16(21-19(25)22(18)14-6-2-1-3-7-14)11-15-8-9-17(24-15)13-5-4-10-20-12-13/h4-5,8-12,14H,1-3,6-7H2,(H,21,25)/b16-11-. The summed E-state index contributed by atoms with van der Waals surface area (Å²) < 4.78 is 5.83. The van der Waals surface area contributed by atoms with Crippen LogP contribution in [-0.4, -0.2) is 26.9 Å². The van der Waals surface area contributed by atoms with Crippen molar-refractivity contribution in [1.29, 1.82) is 0 Å². The van der Waals surface area contributed by atoms with Crippen molar-refractivity contribution in [3.8, 4) is 11.3 Å². The molecule has 2 aromatic heterocycles. The lowest BCUT2D eigenvalue weighted by Gasteiger charge is -2.29. The van der Waals surface area contributed by atoms with Crippen molar-refractivity contribution in [2.24, 2.45) is 0 Å². The lowest BCUT2D eigenvalue weighted by molar-refractivity contribution is -0.124. The molecule has 2 aromatic rings. The smallest absolute Gasteiger partial charge is 0.276 e. The SMILES string of the molecule is O=C1/C(=C/c2ccc(-c3cccnc3)o2)NC(=S)N1C1CCCCC1. The van der Waals surface area contributed by atoms with E-state index in [9.17, 15) is 4.79 Å². The highest BCUT2D eigenvalue weighted by Gasteiger charge is 2.36. The first-order valence-electron chi connectivity index (χ1n) is 8.59. The molecule has 2 aliphatic rings. The van der Waals surface area contributed by atoms with E-state index < -0.39 is 0 Å². The van der Waals surface area contributed by atoms with Gasteiger partial charge in [-0.1, -0.05) is 19.3 Å². The first-order chi connectivity index (χ1) is 12.2. The van der Waals surface area contributed by atoms with Crippen molar-refractivity contribution >= 4 is 29.3 Å². The van der Waals surface area contributed by atoms with Gasteiger partial charge in [0.05, 0.1) is 0 Å². The molecule has 1 aliphatic heterocycles. The molecule has 0 bridgehead atoms. The molecule has 1 saturated carbocycles. The fourth-order valence-corrected chi connectivity index (χ4v) is 3.80. The Kier molecular flexibility index (Phi) is 4.36. The van der Waals surface area contributed by atoms with Crippen LogP contribution in [0.4, 0.5) is 0 Å². The van der Waals surface area contributed by atoms with Gasteiger partial charge in [0, 0.05) is 30.1 Å². The van der Waals surface area contributed by atoms with Crippen molar-refractivity contribution in [3.63, 3.8) is 0 Å². The molecule has 0 spiro atoms. The van der Waals surface area contributed by atoms with Crippen LogP contribution < -0.4 is 5.32 Å². The maximum Gasteiger partial charge on any atom is 0.276 e. The van der Waals surface area contributed by atoms with Crippen LogP contribution in [0.3, 0.4) is 0 Å². The third-order valence-corrected chi connectivity index (χ3v) is 5.01. The number of aromatic nitrogens is 1. The number of hydrogen-bond acceptors (Lipinski definition) is 4. The minimum atomic E-state index is -0.0590. The number of rotatable bonds is 3. The van der Waals surface area contributed by atoms with E-state index in [2.05, 4.69) is 10.3 Å². The quantitative estimate of drug-likeness (QED) is 0.673. The molecule has 2 fully saturated rings. The zero-order valence-electron chi connectivity index (χ0n) is 13.8. The number of furan rings is 1. The topological polar surface area (TPSA) is 58.4 Å². The molecule has 1 N–H and O–H groups in total. The Morgan fingerprint density at radius 3 is 2.84 bits per heavy atom. The van der Waals surface area contributed by atoms with E-state index in [1.807, 2.05) is 24.3 Å². The van der Waals surface area contributed by atoms with E-state index in [4.69, 9.17) is 16.6 Å². The van der Waals surface area contributed by atoms with Gasteiger partial charge in [0.2, 0.25) is 0 Å². The molecular weight excluding hydrogens is 334 g/mol. The van der Waals surface area contributed by atoms with Crippen LogP contribution in [0.25, 0.3) is 17.4 Å².